The summed E-state index contributed by atoms with van der Waals surface area (Å²) in [7, 11) is 0. The standard InChI is InChI=1S/C13H16ClN3OS2/c1-3-17(6-9-4-5-11(14)20-9)13(18)10-7-19-12(16-10)8(2)15/h4-5,7-8H,3,6,15H2,1-2H3. The molecule has 0 aromatic carbocycles. The Kier molecular flexibility index (Phi) is 5.15. The highest BCUT2D eigenvalue weighted by Crippen LogP contribution is 2.24. The van der Waals surface area contributed by atoms with Crippen molar-refractivity contribution in [1.82, 2.24) is 9.88 Å². The van der Waals surface area contributed by atoms with E-state index in [1.54, 1.807) is 10.3 Å². The van der Waals surface area contributed by atoms with Gasteiger partial charge in [-0.1, -0.05) is 11.6 Å². The third kappa shape index (κ3) is 3.58. The van der Waals surface area contributed by atoms with Gasteiger partial charge in [0.2, 0.25) is 0 Å². The molecule has 1 atom stereocenters. The fourth-order valence-electron chi connectivity index (χ4n) is 1.71. The number of thiophene rings is 1. The molecule has 0 spiro atoms. The van der Waals surface area contributed by atoms with Gasteiger partial charge in [-0.2, -0.15) is 0 Å². The van der Waals surface area contributed by atoms with E-state index in [0.29, 0.717) is 18.8 Å². The summed E-state index contributed by atoms with van der Waals surface area (Å²) >= 11 is 8.82. The van der Waals surface area contributed by atoms with Gasteiger partial charge in [-0.25, -0.2) is 4.98 Å². The molecule has 1 unspecified atom stereocenters. The number of nitrogens with two attached hydrogens (primary N) is 1. The van der Waals surface area contributed by atoms with Crippen molar-refractivity contribution >= 4 is 40.2 Å². The molecule has 2 aromatic heterocycles. The van der Waals surface area contributed by atoms with Crippen molar-refractivity contribution in [1.29, 1.82) is 0 Å². The van der Waals surface area contributed by atoms with E-state index in [1.807, 2.05) is 26.0 Å². The minimum atomic E-state index is -0.146. The fraction of sp³-hybridized carbons (Fsp3) is 0.385. The molecule has 0 saturated heterocycles. The molecule has 4 nitrogen and oxygen atoms in total. The summed E-state index contributed by atoms with van der Waals surface area (Å²) in [5.74, 6) is -0.0693. The second-order valence-electron chi connectivity index (χ2n) is 4.38. The monoisotopic (exact) mass is 329 g/mol. The zero-order valence-corrected chi connectivity index (χ0v) is 13.7. The maximum atomic E-state index is 12.4. The number of carbonyl (C=O) groups is 1. The number of rotatable bonds is 5. The topological polar surface area (TPSA) is 59.2 Å². The second-order valence-corrected chi connectivity index (χ2v) is 7.07. The van der Waals surface area contributed by atoms with Gasteiger partial charge in [-0.15, -0.1) is 22.7 Å². The Morgan fingerprint density at radius 2 is 2.30 bits per heavy atom. The summed E-state index contributed by atoms with van der Waals surface area (Å²) < 4.78 is 0.733. The van der Waals surface area contributed by atoms with E-state index in [4.69, 9.17) is 17.3 Å². The van der Waals surface area contributed by atoms with Crippen molar-refractivity contribution in [2.45, 2.75) is 26.4 Å². The van der Waals surface area contributed by atoms with E-state index in [9.17, 15) is 4.79 Å². The van der Waals surface area contributed by atoms with Crippen LogP contribution >= 0.6 is 34.3 Å². The van der Waals surface area contributed by atoms with Crippen LogP contribution < -0.4 is 5.73 Å². The number of halogens is 1. The predicted molar refractivity (Wildman–Crippen MR) is 84.5 cm³/mol. The van der Waals surface area contributed by atoms with Gasteiger partial charge in [-0.05, 0) is 26.0 Å². The first-order chi connectivity index (χ1) is 9.51. The molecule has 2 heterocycles. The average molecular weight is 330 g/mol. The van der Waals surface area contributed by atoms with Crippen molar-refractivity contribution in [3.8, 4) is 0 Å². The average Bonchev–Trinajstić information content (AvgIpc) is 3.04. The van der Waals surface area contributed by atoms with Crippen molar-refractivity contribution in [3.05, 3.63) is 37.4 Å². The lowest BCUT2D eigenvalue weighted by Crippen LogP contribution is -2.30. The number of thiazole rings is 1. The third-order valence-corrected chi connectivity index (χ3v) is 5.04. The summed E-state index contributed by atoms with van der Waals surface area (Å²) in [4.78, 5) is 19.5. The molecule has 0 saturated carbocycles. The summed E-state index contributed by atoms with van der Waals surface area (Å²) in [6.07, 6.45) is 0. The summed E-state index contributed by atoms with van der Waals surface area (Å²) in [6, 6.07) is 3.64. The van der Waals surface area contributed by atoms with Gasteiger partial charge in [-0.3, -0.25) is 4.79 Å². The highest BCUT2D eigenvalue weighted by molar-refractivity contribution is 7.16. The molecule has 2 aromatic rings. The molecule has 20 heavy (non-hydrogen) atoms. The van der Waals surface area contributed by atoms with Crippen molar-refractivity contribution in [2.75, 3.05) is 6.54 Å². The molecule has 0 aliphatic rings. The second kappa shape index (κ2) is 6.67. The molecule has 7 heteroatoms. The molecule has 0 aliphatic heterocycles. The van der Waals surface area contributed by atoms with E-state index >= 15 is 0 Å². The third-order valence-electron chi connectivity index (χ3n) is 2.78. The van der Waals surface area contributed by atoms with E-state index < -0.39 is 0 Å². The van der Waals surface area contributed by atoms with Crippen LogP contribution in [0.4, 0.5) is 0 Å². The number of hydrogen-bond acceptors (Lipinski definition) is 5. The molecule has 0 bridgehead atoms. The molecule has 2 rings (SSSR count). The van der Waals surface area contributed by atoms with Crippen LogP contribution in [0, 0.1) is 0 Å². The number of amides is 1. The van der Waals surface area contributed by atoms with Gasteiger partial charge in [0.1, 0.15) is 10.7 Å². The number of hydrogen-bond donors (Lipinski definition) is 1. The zero-order valence-electron chi connectivity index (χ0n) is 11.3. The van der Waals surface area contributed by atoms with Gasteiger partial charge in [0, 0.05) is 16.8 Å². The van der Waals surface area contributed by atoms with Gasteiger partial charge in [0.05, 0.1) is 16.9 Å². The molecule has 108 valence electrons. The highest BCUT2D eigenvalue weighted by atomic mass is 35.5. The smallest absolute Gasteiger partial charge is 0.273 e. The van der Waals surface area contributed by atoms with Crippen LogP contribution in [-0.4, -0.2) is 22.3 Å². The molecule has 0 aliphatic carbocycles. The van der Waals surface area contributed by atoms with Gasteiger partial charge < -0.3 is 10.6 Å². The quantitative estimate of drug-likeness (QED) is 0.912. The minimum absolute atomic E-state index is 0.0693. The van der Waals surface area contributed by atoms with Crippen LogP contribution in [0.5, 0.6) is 0 Å². The van der Waals surface area contributed by atoms with Crippen LogP contribution in [-0.2, 0) is 6.54 Å². The number of carbonyl (C=O) groups excluding carboxylic acids is 1. The SMILES string of the molecule is CCN(Cc1ccc(Cl)s1)C(=O)c1csc(C(C)N)n1. The summed E-state index contributed by atoms with van der Waals surface area (Å²) in [5.41, 5.74) is 6.24. The summed E-state index contributed by atoms with van der Waals surface area (Å²) in [5, 5.41) is 2.55. The number of aromatic nitrogens is 1. The minimum Gasteiger partial charge on any atom is -0.332 e. The van der Waals surface area contributed by atoms with Gasteiger partial charge in [0.15, 0.2) is 0 Å². The van der Waals surface area contributed by atoms with Crippen molar-refractivity contribution in [2.24, 2.45) is 5.73 Å². The first-order valence-corrected chi connectivity index (χ1v) is 8.33. The molecule has 0 radical (unpaired) electrons. The summed E-state index contributed by atoms with van der Waals surface area (Å²) in [6.45, 7) is 4.99. The normalized spacial score (nSPS) is 12.4. The Morgan fingerprint density at radius 3 is 2.80 bits per heavy atom. The maximum Gasteiger partial charge on any atom is 0.273 e. The predicted octanol–water partition coefficient (Wildman–Crippen LogP) is 3.54. The zero-order chi connectivity index (χ0) is 14.7. The lowest BCUT2D eigenvalue weighted by molar-refractivity contribution is 0.0749. The first-order valence-electron chi connectivity index (χ1n) is 6.25. The molecule has 2 N–H and O–H groups in total. The molecule has 0 fully saturated rings. The van der Waals surface area contributed by atoms with Gasteiger partial charge >= 0.3 is 0 Å². The molecular formula is C13H16ClN3OS2. The van der Waals surface area contributed by atoms with Crippen LogP contribution in [0.2, 0.25) is 4.34 Å². The Balaban J connectivity index is 2.11. The van der Waals surface area contributed by atoms with E-state index in [1.165, 1.54) is 22.7 Å². The molecular weight excluding hydrogens is 314 g/mol. The Hall–Kier alpha value is -0.950. The highest BCUT2D eigenvalue weighted by Gasteiger charge is 2.19. The first kappa shape index (κ1) is 15.4. The number of nitrogens with zero attached hydrogens (tertiary/aromatic N) is 2. The van der Waals surface area contributed by atoms with Crippen LogP contribution in [0.1, 0.15) is 40.3 Å². The fourth-order valence-corrected chi connectivity index (χ4v) is 3.56. The Morgan fingerprint density at radius 1 is 1.55 bits per heavy atom. The van der Waals surface area contributed by atoms with E-state index in [-0.39, 0.29) is 11.9 Å². The van der Waals surface area contributed by atoms with Gasteiger partial charge in [0.25, 0.3) is 5.91 Å². The van der Waals surface area contributed by atoms with Crippen molar-refractivity contribution < 1.29 is 4.79 Å². The van der Waals surface area contributed by atoms with Crippen molar-refractivity contribution in [3.63, 3.8) is 0 Å². The van der Waals surface area contributed by atoms with E-state index in [2.05, 4.69) is 4.98 Å². The Labute approximate surface area is 131 Å². The maximum absolute atomic E-state index is 12.4. The van der Waals surface area contributed by atoms with Crippen LogP contribution in [0.15, 0.2) is 17.5 Å². The largest absolute Gasteiger partial charge is 0.332 e. The lowest BCUT2D eigenvalue weighted by Gasteiger charge is -2.18. The Bertz CT molecular complexity index is 594. The lowest BCUT2D eigenvalue weighted by atomic mass is 10.3. The molecule has 1 amide bonds. The van der Waals surface area contributed by atoms with E-state index in [0.717, 1.165) is 14.2 Å². The van der Waals surface area contributed by atoms with Crippen LogP contribution in [0.3, 0.4) is 0 Å². The van der Waals surface area contributed by atoms with Crippen LogP contribution in [0.25, 0.3) is 0 Å².